The predicted molar refractivity (Wildman–Crippen MR) is 104 cm³/mol. The molecule has 0 bridgehead atoms. The lowest BCUT2D eigenvalue weighted by molar-refractivity contribution is -0.144. The molecule has 0 saturated carbocycles. The maximum Gasteiger partial charge on any atom is 0.305 e. The van der Waals surface area contributed by atoms with Crippen LogP contribution in [0.4, 0.5) is 0 Å². The molecule has 0 fully saturated rings. The first-order chi connectivity index (χ1) is 12.5. The third-order valence-corrected chi connectivity index (χ3v) is 4.04. The van der Waals surface area contributed by atoms with Gasteiger partial charge in [-0.2, -0.15) is 0 Å². The Labute approximate surface area is 164 Å². The van der Waals surface area contributed by atoms with Gasteiger partial charge in [-0.15, -0.1) is 0 Å². The highest BCUT2D eigenvalue weighted by molar-refractivity contribution is 6.35. The molecule has 1 atom stereocenters. The first-order valence-electron chi connectivity index (χ1n) is 8.53. The van der Waals surface area contributed by atoms with Gasteiger partial charge < -0.3 is 14.2 Å². The average molecular weight is 397 g/mol. The van der Waals surface area contributed by atoms with Crippen molar-refractivity contribution in [3.63, 3.8) is 0 Å². The molecule has 0 amide bonds. The van der Waals surface area contributed by atoms with Gasteiger partial charge in [0, 0.05) is 11.4 Å². The summed E-state index contributed by atoms with van der Waals surface area (Å²) in [6, 6.07) is 12.3. The van der Waals surface area contributed by atoms with Crippen molar-refractivity contribution >= 4 is 29.2 Å². The summed E-state index contributed by atoms with van der Waals surface area (Å²) in [4.78, 5) is 11.5. The lowest BCUT2D eigenvalue weighted by atomic mass is 10.2. The van der Waals surface area contributed by atoms with E-state index in [1.165, 1.54) is 0 Å². The van der Waals surface area contributed by atoms with E-state index in [2.05, 4.69) is 0 Å². The Hall–Kier alpha value is -1.91. The smallest absolute Gasteiger partial charge is 0.305 e. The van der Waals surface area contributed by atoms with Crippen LogP contribution in [0.5, 0.6) is 17.2 Å². The van der Waals surface area contributed by atoms with E-state index in [1.807, 2.05) is 26.0 Å². The third-order valence-electron chi connectivity index (χ3n) is 3.50. The fraction of sp³-hybridized carbons (Fsp3) is 0.350. The Morgan fingerprint density at radius 2 is 1.77 bits per heavy atom. The van der Waals surface area contributed by atoms with E-state index in [0.29, 0.717) is 46.7 Å². The highest BCUT2D eigenvalue weighted by atomic mass is 35.5. The number of carbonyl (C=O) groups is 1. The molecule has 1 unspecified atom stereocenters. The van der Waals surface area contributed by atoms with Gasteiger partial charge in [0.1, 0.15) is 17.2 Å². The Bertz CT molecular complexity index is 716. The molecule has 6 heteroatoms. The molecule has 140 valence electrons. The molecule has 4 nitrogen and oxygen atoms in total. The van der Waals surface area contributed by atoms with Crippen molar-refractivity contribution < 1.29 is 19.0 Å². The summed E-state index contributed by atoms with van der Waals surface area (Å²) in [5.41, 5.74) is 0. The first kappa shape index (κ1) is 20.4. The minimum Gasteiger partial charge on any atom is -0.491 e. The molecule has 0 aliphatic carbocycles. The number of hydrogen-bond acceptors (Lipinski definition) is 4. The second-order valence-electron chi connectivity index (χ2n) is 5.84. The Morgan fingerprint density at radius 1 is 1.08 bits per heavy atom. The SMILES string of the molecule is CCCOC(=O)CCC(C)Oc1ccc(Oc2ccc(Cl)cc2Cl)cc1. The average Bonchev–Trinajstić information content (AvgIpc) is 2.62. The molecule has 0 saturated heterocycles. The number of carbonyl (C=O) groups excluding carboxylic acids is 1. The van der Waals surface area contributed by atoms with E-state index < -0.39 is 0 Å². The molecule has 0 N–H and O–H groups in total. The van der Waals surface area contributed by atoms with Gasteiger partial charge in [-0.3, -0.25) is 4.79 Å². The highest BCUT2D eigenvalue weighted by Crippen LogP contribution is 2.32. The second kappa shape index (κ2) is 10.3. The normalized spacial score (nSPS) is 11.7. The van der Waals surface area contributed by atoms with Crippen LogP contribution >= 0.6 is 23.2 Å². The summed E-state index contributed by atoms with van der Waals surface area (Å²) >= 11 is 12.0. The van der Waals surface area contributed by atoms with Crippen molar-refractivity contribution in [3.05, 3.63) is 52.5 Å². The van der Waals surface area contributed by atoms with Gasteiger partial charge in [0.15, 0.2) is 0 Å². The van der Waals surface area contributed by atoms with Crippen LogP contribution in [0.25, 0.3) is 0 Å². The van der Waals surface area contributed by atoms with Crippen molar-refractivity contribution in [2.75, 3.05) is 6.61 Å². The molecule has 0 aliphatic rings. The Kier molecular flexibility index (Phi) is 8.07. The quantitative estimate of drug-likeness (QED) is 0.467. The zero-order chi connectivity index (χ0) is 18.9. The largest absolute Gasteiger partial charge is 0.491 e. The standard InChI is InChI=1S/C20H22Cl2O4/c1-3-12-24-20(23)11-4-14(2)25-16-6-8-17(9-7-16)26-19-10-5-15(21)13-18(19)22/h5-10,13-14H,3-4,11-12H2,1-2H3. The summed E-state index contributed by atoms with van der Waals surface area (Å²) in [5.74, 6) is 1.68. The summed E-state index contributed by atoms with van der Waals surface area (Å²) in [7, 11) is 0. The van der Waals surface area contributed by atoms with Crippen molar-refractivity contribution in [3.8, 4) is 17.2 Å². The number of esters is 1. The van der Waals surface area contributed by atoms with Crippen LogP contribution in [-0.2, 0) is 9.53 Å². The van der Waals surface area contributed by atoms with Crippen molar-refractivity contribution in [1.29, 1.82) is 0 Å². The molecule has 0 radical (unpaired) electrons. The molecular weight excluding hydrogens is 375 g/mol. The molecule has 0 aromatic heterocycles. The topological polar surface area (TPSA) is 44.8 Å². The Morgan fingerprint density at radius 3 is 2.42 bits per heavy atom. The van der Waals surface area contributed by atoms with Gasteiger partial charge in [0.05, 0.1) is 17.7 Å². The number of hydrogen-bond donors (Lipinski definition) is 0. The van der Waals surface area contributed by atoms with Gasteiger partial charge in [-0.25, -0.2) is 0 Å². The molecule has 0 spiro atoms. The van der Waals surface area contributed by atoms with Crippen LogP contribution in [-0.4, -0.2) is 18.7 Å². The zero-order valence-corrected chi connectivity index (χ0v) is 16.3. The van der Waals surface area contributed by atoms with Crippen LogP contribution in [0, 0.1) is 0 Å². The van der Waals surface area contributed by atoms with Gasteiger partial charge >= 0.3 is 5.97 Å². The second-order valence-corrected chi connectivity index (χ2v) is 6.68. The molecule has 0 aliphatic heterocycles. The number of rotatable bonds is 9. The maximum absolute atomic E-state index is 11.5. The fourth-order valence-corrected chi connectivity index (χ4v) is 2.62. The minimum absolute atomic E-state index is 0.0957. The number of ether oxygens (including phenoxy) is 3. The maximum atomic E-state index is 11.5. The van der Waals surface area contributed by atoms with Crippen LogP contribution in [0.3, 0.4) is 0 Å². The molecule has 2 rings (SSSR count). The third kappa shape index (κ3) is 6.77. The minimum atomic E-state index is -0.189. The van der Waals surface area contributed by atoms with Crippen molar-refractivity contribution in [1.82, 2.24) is 0 Å². The van der Waals surface area contributed by atoms with Crippen molar-refractivity contribution in [2.45, 2.75) is 39.2 Å². The molecule has 2 aromatic carbocycles. The predicted octanol–water partition coefficient (Wildman–Crippen LogP) is 6.29. The van der Waals surface area contributed by atoms with Gasteiger partial charge in [-0.1, -0.05) is 30.1 Å². The van der Waals surface area contributed by atoms with Crippen molar-refractivity contribution in [2.24, 2.45) is 0 Å². The first-order valence-corrected chi connectivity index (χ1v) is 9.28. The van der Waals surface area contributed by atoms with Crippen LogP contribution in [0.2, 0.25) is 10.0 Å². The van der Waals surface area contributed by atoms with E-state index in [4.69, 9.17) is 37.4 Å². The van der Waals surface area contributed by atoms with Crippen LogP contribution in [0.1, 0.15) is 33.1 Å². The van der Waals surface area contributed by atoms with Crippen LogP contribution < -0.4 is 9.47 Å². The summed E-state index contributed by atoms with van der Waals surface area (Å²) in [6.45, 7) is 4.35. The van der Waals surface area contributed by atoms with Gasteiger partial charge in [-0.05, 0) is 62.2 Å². The van der Waals surface area contributed by atoms with E-state index in [-0.39, 0.29) is 12.1 Å². The Balaban J connectivity index is 1.84. The van der Waals surface area contributed by atoms with E-state index >= 15 is 0 Å². The molecular formula is C20H22Cl2O4. The molecule has 2 aromatic rings. The summed E-state index contributed by atoms with van der Waals surface area (Å²) < 4.78 is 16.6. The monoisotopic (exact) mass is 396 g/mol. The number of benzene rings is 2. The summed E-state index contributed by atoms with van der Waals surface area (Å²) in [6.07, 6.45) is 1.67. The lowest BCUT2D eigenvalue weighted by Crippen LogP contribution is -2.15. The highest BCUT2D eigenvalue weighted by Gasteiger charge is 2.10. The fourth-order valence-electron chi connectivity index (χ4n) is 2.17. The van der Waals surface area contributed by atoms with E-state index in [0.717, 1.165) is 6.42 Å². The van der Waals surface area contributed by atoms with Crippen LogP contribution in [0.15, 0.2) is 42.5 Å². The number of halogens is 2. The van der Waals surface area contributed by atoms with Gasteiger partial charge in [0.2, 0.25) is 0 Å². The molecule has 26 heavy (non-hydrogen) atoms. The van der Waals surface area contributed by atoms with E-state index in [1.54, 1.807) is 30.3 Å². The lowest BCUT2D eigenvalue weighted by Gasteiger charge is -2.15. The van der Waals surface area contributed by atoms with E-state index in [9.17, 15) is 4.79 Å². The summed E-state index contributed by atoms with van der Waals surface area (Å²) in [5, 5.41) is 1.00. The zero-order valence-electron chi connectivity index (χ0n) is 14.8. The van der Waals surface area contributed by atoms with Gasteiger partial charge in [0.25, 0.3) is 0 Å². The molecule has 0 heterocycles.